The average molecular weight is 201 g/mol. The van der Waals surface area contributed by atoms with Gasteiger partial charge in [-0.15, -0.1) is 0 Å². The van der Waals surface area contributed by atoms with Crippen LogP contribution in [0.25, 0.3) is 0 Å². The van der Waals surface area contributed by atoms with E-state index in [9.17, 15) is 9.59 Å². The van der Waals surface area contributed by atoms with Crippen LogP contribution in [0.1, 0.15) is 33.6 Å². The SMILES string of the molecule is CCCC(N[C@@H](C)C=O)C(=O)OCC. The lowest BCUT2D eigenvalue weighted by Gasteiger charge is -2.18. The highest BCUT2D eigenvalue weighted by Crippen LogP contribution is 2.00. The van der Waals surface area contributed by atoms with Gasteiger partial charge in [0.1, 0.15) is 12.3 Å². The van der Waals surface area contributed by atoms with Crippen LogP contribution in [0.4, 0.5) is 0 Å². The molecule has 2 atom stereocenters. The van der Waals surface area contributed by atoms with Crippen molar-refractivity contribution >= 4 is 12.3 Å². The molecule has 0 fully saturated rings. The molecular formula is C10H19NO3. The van der Waals surface area contributed by atoms with Crippen molar-refractivity contribution in [1.82, 2.24) is 5.32 Å². The van der Waals surface area contributed by atoms with Gasteiger partial charge < -0.3 is 9.53 Å². The van der Waals surface area contributed by atoms with Crippen LogP contribution in [-0.2, 0) is 14.3 Å². The predicted octanol–water partition coefficient (Wildman–Crippen LogP) is 0.895. The fraction of sp³-hybridized carbons (Fsp3) is 0.800. The Morgan fingerprint density at radius 1 is 1.50 bits per heavy atom. The summed E-state index contributed by atoms with van der Waals surface area (Å²) < 4.78 is 4.88. The molecule has 0 spiro atoms. The Balaban J connectivity index is 4.12. The molecule has 0 aliphatic heterocycles. The van der Waals surface area contributed by atoms with Crippen LogP contribution < -0.4 is 5.32 Å². The van der Waals surface area contributed by atoms with E-state index in [1.165, 1.54) is 0 Å². The third kappa shape index (κ3) is 4.97. The first-order valence-electron chi connectivity index (χ1n) is 5.03. The molecule has 4 heteroatoms. The van der Waals surface area contributed by atoms with Crippen molar-refractivity contribution < 1.29 is 14.3 Å². The fourth-order valence-corrected chi connectivity index (χ4v) is 1.16. The summed E-state index contributed by atoms with van der Waals surface area (Å²) in [5, 5.41) is 2.91. The molecule has 0 bridgehead atoms. The minimum atomic E-state index is -0.361. The summed E-state index contributed by atoms with van der Waals surface area (Å²) in [7, 11) is 0. The highest BCUT2D eigenvalue weighted by Gasteiger charge is 2.19. The predicted molar refractivity (Wildman–Crippen MR) is 54.0 cm³/mol. The highest BCUT2D eigenvalue weighted by molar-refractivity contribution is 5.76. The molecule has 0 aromatic heterocycles. The van der Waals surface area contributed by atoms with Gasteiger partial charge in [0.2, 0.25) is 0 Å². The molecule has 14 heavy (non-hydrogen) atoms. The first-order valence-corrected chi connectivity index (χ1v) is 5.03. The van der Waals surface area contributed by atoms with Crippen molar-refractivity contribution in [1.29, 1.82) is 0 Å². The third-order valence-electron chi connectivity index (χ3n) is 1.82. The van der Waals surface area contributed by atoms with Crippen LogP contribution in [0.15, 0.2) is 0 Å². The van der Waals surface area contributed by atoms with Gasteiger partial charge in [-0.05, 0) is 20.3 Å². The molecule has 0 rings (SSSR count). The van der Waals surface area contributed by atoms with Gasteiger partial charge in [0.25, 0.3) is 0 Å². The quantitative estimate of drug-likeness (QED) is 0.491. The monoisotopic (exact) mass is 201 g/mol. The molecule has 82 valence electrons. The maximum Gasteiger partial charge on any atom is 0.323 e. The van der Waals surface area contributed by atoms with E-state index in [0.717, 1.165) is 12.7 Å². The molecule has 0 aromatic rings. The molecule has 0 aliphatic rings. The number of nitrogens with one attached hydrogen (secondary N) is 1. The number of hydrogen-bond donors (Lipinski definition) is 1. The molecule has 1 unspecified atom stereocenters. The van der Waals surface area contributed by atoms with Gasteiger partial charge in [0.05, 0.1) is 12.6 Å². The van der Waals surface area contributed by atoms with Gasteiger partial charge in [-0.3, -0.25) is 10.1 Å². The van der Waals surface area contributed by atoms with E-state index in [1.54, 1.807) is 13.8 Å². The zero-order chi connectivity index (χ0) is 11.0. The lowest BCUT2D eigenvalue weighted by atomic mass is 10.1. The summed E-state index contributed by atoms with van der Waals surface area (Å²) in [6, 6.07) is -0.670. The maximum atomic E-state index is 11.4. The largest absolute Gasteiger partial charge is 0.465 e. The normalized spacial score (nSPS) is 14.5. The van der Waals surface area contributed by atoms with E-state index in [-0.39, 0.29) is 18.1 Å². The number of hydrogen-bond acceptors (Lipinski definition) is 4. The van der Waals surface area contributed by atoms with Crippen molar-refractivity contribution in [3.63, 3.8) is 0 Å². The van der Waals surface area contributed by atoms with Gasteiger partial charge in [0, 0.05) is 0 Å². The molecule has 0 radical (unpaired) electrons. The smallest absolute Gasteiger partial charge is 0.323 e. The van der Waals surface area contributed by atoms with Crippen LogP contribution in [0.3, 0.4) is 0 Å². The van der Waals surface area contributed by atoms with E-state index in [0.29, 0.717) is 13.0 Å². The van der Waals surface area contributed by atoms with E-state index < -0.39 is 0 Å². The Hall–Kier alpha value is -0.900. The summed E-state index contributed by atoms with van der Waals surface area (Å²) in [6.45, 7) is 5.84. The van der Waals surface area contributed by atoms with E-state index in [1.807, 2.05) is 6.92 Å². The van der Waals surface area contributed by atoms with E-state index in [4.69, 9.17) is 4.74 Å². The van der Waals surface area contributed by atoms with Crippen LogP contribution in [-0.4, -0.2) is 30.9 Å². The number of rotatable bonds is 7. The zero-order valence-corrected chi connectivity index (χ0v) is 9.08. The Bertz CT molecular complexity index is 182. The molecule has 0 saturated heterocycles. The Morgan fingerprint density at radius 3 is 2.57 bits per heavy atom. The number of aldehydes is 1. The summed E-state index contributed by atoms with van der Waals surface area (Å²) in [5.74, 6) is -0.275. The Morgan fingerprint density at radius 2 is 2.14 bits per heavy atom. The van der Waals surface area contributed by atoms with Crippen LogP contribution in [0, 0.1) is 0 Å². The number of carbonyl (C=O) groups excluding carboxylic acids is 2. The Kier molecular flexibility index (Phi) is 7.02. The van der Waals surface area contributed by atoms with Gasteiger partial charge in [0.15, 0.2) is 0 Å². The third-order valence-corrected chi connectivity index (χ3v) is 1.82. The lowest BCUT2D eigenvalue weighted by Crippen LogP contribution is -2.43. The summed E-state index contributed by atoms with van der Waals surface area (Å²) in [4.78, 5) is 21.8. The Labute approximate surface area is 85.0 Å². The van der Waals surface area contributed by atoms with Crippen molar-refractivity contribution in [3.8, 4) is 0 Å². The zero-order valence-electron chi connectivity index (χ0n) is 9.08. The van der Waals surface area contributed by atoms with E-state index in [2.05, 4.69) is 5.32 Å². The van der Waals surface area contributed by atoms with Gasteiger partial charge in [-0.2, -0.15) is 0 Å². The second-order valence-electron chi connectivity index (χ2n) is 3.18. The number of carbonyl (C=O) groups is 2. The van der Waals surface area contributed by atoms with Crippen LogP contribution in [0.2, 0.25) is 0 Å². The van der Waals surface area contributed by atoms with Crippen LogP contribution >= 0.6 is 0 Å². The highest BCUT2D eigenvalue weighted by atomic mass is 16.5. The first-order chi connectivity index (χ1) is 6.65. The number of ether oxygens (including phenoxy) is 1. The molecule has 0 amide bonds. The summed E-state index contributed by atoms with van der Waals surface area (Å²) in [6.07, 6.45) is 2.35. The minimum absolute atomic E-state index is 0.275. The number of esters is 1. The molecule has 0 heterocycles. The topological polar surface area (TPSA) is 55.4 Å². The molecule has 0 saturated carbocycles. The van der Waals surface area contributed by atoms with Crippen molar-refractivity contribution in [2.45, 2.75) is 45.7 Å². The lowest BCUT2D eigenvalue weighted by molar-refractivity contribution is -0.146. The summed E-state index contributed by atoms with van der Waals surface area (Å²) in [5.41, 5.74) is 0. The van der Waals surface area contributed by atoms with Gasteiger partial charge >= 0.3 is 5.97 Å². The van der Waals surface area contributed by atoms with Crippen LogP contribution in [0.5, 0.6) is 0 Å². The molecule has 4 nitrogen and oxygen atoms in total. The van der Waals surface area contributed by atoms with Crippen molar-refractivity contribution in [2.75, 3.05) is 6.61 Å². The summed E-state index contributed by atoms with van der Waals surface area (Å²) >= 11 is 0. The maximum absolute atomic E-state index is 11.4. The minimum Gasteiger partial charge on any atom is -0.465 e. The van der Waals surface area contributed by atoms with Crippen molar-refractivity contribution in [3.05, 3.63) is 0 Å². The van der Waals surface area contributed by atoms with Gasteiger partial charge in [-0.25, -0.2) is 0 Å². The molecular weight excluding hydrogens is 182 g/mol. The molecule has 0 aliphatic carbocycles. The molecule has 0 aromatic carbocycles. The standard InChI is InChI=1S/C10H19NO3/c1-4-6-9(10(13)14-5-2)11-8(3)7-12/h7-9,11H,4-6H2,1-3H3/t8-,9?/m0/s1. The first kappa shape index (κ1) is 13.1. The van der Waals surface area contributed by atoms with Gasteiger partial charge in [-0.1, -0.05) is 13.3 Å². The molecule has 1 N–H and O–H groups in total. The second-order valence-corrected chi connectivity index (χ2v) is 3.18. The van der Waals surface area contributed by atoms with E-state index >= 15 is 0 Å². The second kappa shape index (κ2) is 7.50. The average Bonchev–Trinajstić information content (AvgIpc) is 2.17. The fourth-order valence-electron chi connectivity index (χ4n) is 1.16. The van der Waals surface area contributed by atoms with Crippen molar-refractivity contribution in [2.24, 2.45) is 0 Å².